The van der Waals surface area contributed by atoms with Crippen molar-refractivity contribution in [2.75, 3.05) is 19.6 Å². The molecule has 39 heavy (non-hydrogen) atoms. The first kappa shape index (κ1) is 37.9. The summed E-state index contributed by atoms with van der Waals surface area (Å²) in [4.78, 5) is 2.63. The van der Waals surface area contributed by atoms with Crippen molar-refractivity contribution < 1.29 is 0 Å². The standard InChI is InChI=1S/C38H71N/c1-7-11-12-13-14-15-16-17-18-19-20-21-22-23-24-27-36(5)29-31-38(26-8-2)32-30-37(6)28-25-35-39(33-9-3)34-10-4/h14-15,17-18,38H,5-13,16,19-35H2,1-4H3/b15-14-,18-17-. The highest BCUT2D eigenvalue weighted by atomic mass is 15.1. The van der Waals surface area contributed by atoms with Crippen LogP contribution in [0.4, 0.5) is 0 Å². The van der Waals surface area contributed by atoms with Crippen LogP contribution in [0.1, 0.15) is 169 Å². The summed E-state index contributed by atoms with van der Waals surface area (Å²) in [5, 5.41) is 0. The van der Waals surface area contributed by atoms with Gasteiger partial charge in [0.2, 0.25) is 0 Å². The molecule has 1 nitrogen and oxygen atoms in total. The van der Waals surface area contributed by atoms with Gasteiger partial charge in [-0.15, -0.1) is 0 Å². The van der Waals surface area contributed by atoms with Crippen LogP contribution in [-0.2, 0) is 0 Å². The maximum atomic E-state index is 4.44. The Morgan fingerprint density at radius 2 is 1.05 bits per heavy atom. The molecule has 0 spiro atoms. The van der Waals surface area contributed by atoms with E-state index in [0.717, 1.165) is 12.3 Å². The fourth-order valence-electron chi connectivity index (χ4n) is 5.61. The summed E-state index contributed by atoms with van der Waals surface area (Å²) in [5.41, 5.74) is 2.97. The van der Waals surface area contributed by atoms with Gasteiger partial charge in [0.05, 0.1) is 0 Å². The minimum absolute atomic E-state index is 0.852. The molecule has 1 atom stereocenters. The van der Waals surface area contributed by atoms with Crippen LogP contribution in [0.5, 0.6) is 0 Å². The average Bonchev–Trinajstić information content (AvgIpc) is 2.92. The third kappa shape index (κ3) is 26.9. The Hall–Kier alpha value is -1.08. The molecule has 0 heterocycles. The minimum atomic E-state index is 0.852. The number of nitrogens with zero attached hydrogens (tertiary/aromatic N) is 1. The second kappa shape index (κ2) is 29.9. The molecular formula is C38H71N. The summed E-state index contributed by atoms with van der Waals surface area (Å²) in [6, 6.07) is 0. The fourth-order valence-corrected chi connectivity index (χ4v) is 5.61. The molecule has 0 radical (unpaired) electrons. The highest BCUT2D eigenvalue weighted by Crippen LogP contribution is 2.26. The van der Waals surface area contributed by atoms with Gasteiger partial charge in [-0.1, -0.05) is 121 Å². The molecule has 0 saturated heterocycles. The maximum Gasteiger partial charge on any atom is -0.00157 e. The zero-order chi connectivity index (χ0) is 28.8. The second-order valence-electron chi connectivity index (χ2n) is 12.2. The number of hydrogen-bond donors (Lipinski definition) is 0. The Labute approximate surface area is 247 Å². The molecule has 0 rings (SSSR count). The summed E-state index contributed by atoms with van der Waals surface area (Å²) in [6.07, 6.45) is 37.9. The van der Waals surface area contributed by atoms with E-state index in [0.29, 0.717) is 0 Å². The molecule has 0 aromatic rings. The molecular weight excluding hydrogens is 470 g/mol. The van der Waals surface area contributed by atoms with Crippen molar-refractivity contribution in [3.05, 3.63) is 48.6 Å². The van der Waals surface area contributed by atoms with Crippen LogP contribution >= 0.6 is 0 Å². The Balaban J connectivity index is 3.83. The van der Waals surface area contributed by atoms with Crippen LogP contribution in [0.2, 0.25) is 0 Å². The van der Waals surface area contributed by atoms with Gasteiger partial charge >= 0.3 is 0 Å². The summed E-state index contributed by atoms with van der Waals surface area (Å²) in [7, 11) is 0. The quantitative estimate of drug-likeness (QED) is 0.0645. The predicted octanol–water partition coefficient (Wildman–Crippen LogP) is 12.8. The molecule has 0 saturated carbocycles. The van der Waals surface area contributed by atoms with Gasteiger partial charge in [0.1, 0.15) is 0 Å². The molecule has 0 aliphatic heterocycles. The smallest absolute Gasteiger partial charge is 0.00157 e. The van der Waals surface area contributed by atoms with Gasteiger partial charge in [0, 0.05) is 0 Å². The zero-order valence-corrected chi connectivity index (χ0v) is 27.4. The lowest BCUT2D eigenvalue weighted by Gasteiger charge is -2.21. The molecule has 0 bridgehead atoms. The van der Waals surface area contributed by atoms with Crippen LogP contribution in [0.15, 0.2) is 48.6 Å². The molecule has 0 fully saturated rings. The van der Waals surface area contributed by atoms with Gasteiger partial charge in [-0.05, 0) is 122 Å². The molecule has 0 aliphatic carbocycles. The molecule has 0 aromatic carbocycles. The van der Waals surface area contributed by atoms with E-state index in [1.165, 1.54) is 166 Å². The molecule has 0 aromatic heterocycles. The summed E-state index contributed by atoms with van der Waals surface area (Å²) >= 11 is 0. The van der Waals surface area contributed by atoms with E-state index in [-0.39, 0.29) is 0 Å². The first-order valence-corrected chi connectivity index (χ1v) is 17.4. The largest absolute Gasteiger partial charge is 0.303 e. The van der Waals surface area contributed by atoms with Crippen LogP contribution in [-0.4, -0.2) is 24.5 Å². The van der Waals surface area contributed by atoms with E-state index in [4.69, 9.17) is 0 Å². The van der Waals surface area contributed by atoms with Crippen LogP contribution < -0.4 is 0 Å². The van der Waals surface area contributed by atoms with Crippen LogP contribution in [0.3, 0.4) is 0 Å². The summed E-state index contributed by atoms with van der Waals surface area (Å²) in [6.45, 7) is 21.8. The lowest BCUT2D eigenvalue weighted by Crippen LogP contribution is -2.26. The van der Waals surface area contributed by atoms with E-state index in [9.17, 15) is 0 Å². The first-order chi connectivity index (χ1) is 19.1. The Bertz CT molecular complexity index is 592. The fraction of sp³-hybridized carbons (Fsp3) is 0.789. The highest BCUT2D eigenvalue weighted by Gasteiger charge is 2.10. The van der Waals surface area contributed by atoms with Crippen molar-refractivity contribution in [3.63, 3.8) is 0 Å². The minimum Gasteiger partial charge on any atom is -0.303 e. The van der Waals surface area contributed by atoms with Crippen molar-refractivity contribution in [2.45, 2.75) is 169 Å². The average molecular weight is 542 g/mol. The lowest BCUT2D eigenvalue weighted by molar-refractivity contribution is 0.271. The Morgan fingerprint density at radius 1 is 0.513 bits per heavy atom. The van der Waals surface area contributed by atoms with E-state index in [1.54, 1.807) is 0 Å². The molecule has 1 unspecified atom stereocenters. The second-order valence-corrected chi connectivity index (χ2v) is 12.2. The normalized spacial score (nSPS) is 12.7. The van der Waals surface area contributed by atoms with E-state index in [1.807, 2.05) is 0 Å². The van der Waals surface area contributed by atoms with Crippen molar-refractivity contribution in [1.29, 1.82) is 0 Å². The third-order valence-corrected chi connectivity index (χ3v) is 8.07. The topological polar surface area (TPSA) is 3.24 Å². The van der Waals surface area contributed by atoms with Crippen LogP contribution in [0.25, 0.3) is 0 Å². The van der Waals surface area contributed by atoms with Gasteiger partial charge in [-0.3, -0.25) is 0 Å². The number of hydrogen-bond acceptors (Lipinski definition) is 1. The van der Waals surface area contributed by atoms with Crippen LogP contribution in [0, 0.1) is 5.92 Å². The van der Waals surface area contributed by atoms with Gasteiger partial charge < -0.3 is 4.90 Å². The first-order valence-electron chi connectivity index (χ1n) is 17.4. The van der Waals surface area contributed by atoms with E-state index >= 15 is 0 Å². The lowest BCUT2D eigenvalue weighted by atomic mass is 9.88. The number of rotatable bonds is 30. The Morgan fingerprint density at radius 3 is 1.62 bits per heavy atom. The van der Waals surface area contributed by atoms with Gasteiger partial charge in [-0.25, -0.2) is 0 Å². The zero-order valence-electron chi connectivity index (χ0n) is 27.4. The monoisotopic (exact) mass is 542 g/mol. The molecule has 1 heteroatoms. The van der Waals surface area contributed by atoms with Crippen molar-refractivity contribution >= 4 is 0 Å². The predicted molar refractivity (Wildman–Crippen MR) is 181 cm³/mol. The molecule has 0 N–H and O–H groups in total. The van der Waals surface area contributed by atoms with Crippen molar-refractivity contribution in [3.8, 4) is 0 Å². The summed E-state index contributed by atoms with van der Waals surface area (Å²) in [5.74, 6) is 0.852. The van der Waals surface area contributed by atoms with Crippen molar-refractivity contribution in [2.24, 2.45) is 5.92 Å². The molecule has 0 amide bonds. The van der Waals surface area contributed by atoms with Gasteiger partial charge in [0.15, 0.2) is 0 Å². The van der Waals surface area contributed by atoms with Gasteiger partial charge in [0.25, 0.3) is 0 Å². The third-order valence-electron chi connectivity index (χ3n) is 8.07. The molecule has 0 aliphatic rings. The SMILES string of the molecule is C=C(CCCCCCC/C=C\C/C=C\CCCCC)CCC(CCC)CCC(=C)CCCN(CCC)CCC. The number of allylic oxidation sites excluding steroid dienone is 6. The van der Waals surface area contributed by atoms with Gasteiger partial charge in [-0.2, -0.15) is 0 Å². The Kier molecular flexibility index (Phi) is 29.1. The highest BCUT2D eigenvalue weighted by molar-refractivity contribution is 4.97. The maximum absolute atomic E-state index is 4.44. The van der Waals surface area contributed by atoms with E-state index in [2.05, 4.69) is 70.1 Å². The van der Waals surface area contributed by atoms with Crippen molar-refractivity contribution in [1.82, 2.24) is 4.90 Å². The number of unbranched alkanes of at least 4 members (excludes halogenated alkanes) is 8. The molecule has 228 valence electrons. The summed E-state index contributed by atoms with van der Waals surface area (Å²) < 4.78 is 0. The van der Waals surface area contributed by atoms with E-state index < -0.39 is 0 Å².